The number of carbonyl (C=O) groups excluding carboxylic acids is 1. The zero-order valence-corrected chi connectivity index (χ0v) is 11.2. The van der Waals surface area contributed by atoms with Gasteiger partial charge in [-0.25, -0.2) is 0 Å². The first kappa shape index (κ1) is 13.5. The van der Waals surface area contributed by atoms with Crippen molar-refractivity contribution in [2.45, 2.75) is 24.5 Å². The zero-order chi connectivity index (χ0) is 10.9. The van der Waals surface area contributed by atoms with E-state index in [1.807, 2.05) is 23.5 Å². The van der Waals surface area contributed by atoms with Crippen LogP contribution in [0.4, 0.5) is 0 Å². The average Bonchev–Trinajstić information content (AvgIpc) is 2.28. The van der Waals surface area contributed by atoms with Crippen LogP contribution in [0.2, 0.25) is 0 Å². The highest BCUT2D eigenvalue weighted by Crippen LogP contribution is 2.23. The molecule has 1 saturated heterocycles. The molecular weight excluding hydrogens is 250 g/mol. The molecular formula is C10H18ClNOS2. The van der Waals surface area contributed by atoms with E-state index < -0.39 is 0 Å². The molecule has 0 saturated carbocycles. The molecule has 0 aromatic rings. The summed E-state index contributed by atoms with van der Waals surface area (Å²) in [7, 11) is 0. The number of amides is 1. The molecule has 2 nitrogen and oxygen atoms in total. The molecule has 1 fully saturated rings. The molecule has 1 N–H and O–H groups in total. The van der Waals surface area contributed by atoms with E-state index in [0.717, 1.165) is 19.4 Å². The van der Waals surface area contributed by atoms with Gasteiger partial charge in [-0.15, -0.1) is 11.6 Å². The standard InChI is InChI=1S/C10H18ClNOS2/c11-4-2-1-3-10(13)12-7-9-8-14-5-6-15-9/h9H,1-8H2,(H,12,13). The van der Waals surface area contributed by atoms with Gasteiger partial charge in [0.1, 0.15) is 0 Å². The minimum Gasteiger partial charge on any atom is -0.355 e. The fraction of sp³-hybridized carbons (Fsp3) is 0.900. The molecule has 0 aliphatic carbocycles. The van der Waals surface area contributed by atoms with E-state index in [-0.39, 0.29) is 5.91 Å². The van der Waals surface area contributed by atoms with Crippen LogP contribution in [0, 0.1) is 0 Å². The van der Waals surface area contributed by atoms with Crippen molar-refractivity contribution in [1.82, 2.24) is 5.32 Å². The predicted octanol–water partition coefficient (Wildman–Crippen LogP) is 2.36. The predicted molar refractivity (Wildman–Crippen MR) is 71.2 cm³/mol. The van der Waals surface area contributed by atoms with Crippen LogP contribution >= 0.6 is 35.1 Å². The summed E-state index contributed by atoms with van der Waals surface area (Å²) in [5, 5.41) is 3.61. The molecule has 1 heterocycles. The molecule has 0 aromatic heterocycles. The Morgan fingerprint density at radius 3 is 2.93 bits per heavy atom. The number of carbonyl (C=O) groups is 1. The van der Waals surface area contributed by atoms with Crippen LogP contribution in [-0.4, -0.2) is 40.8 Å². The molecule has 0 radical (unpaired) electrons. The van der Waals surface area contributed by atoms with Gasteiger partial charge in [-0.05, 0) is 12.8 Å². The molecule has 88 valence electrons. The maximum Gasteiger partial charge on any atom is 0.220 e. The smallest absolute Gasteiger partial charge is 0.220 e. The summed E-state index contributed by atoms with van der Waals surface area (Å²) in [4.78, 5) is 11.4. The molecule has 15 heavy (non-hydrogen) atoms. The van der Waals surface area contributed by atoms with E-state index in [0.29, 0.717) is 17.6 Å². The second-order valence-electron chi connectivity index (χ2n) is 3.52. The Balaban J connectivity index is 2.00. The van der Waals surface area contributed by atoms with Gasteiger partial charge in [0.2, 0.25) is 5.91 Å². The Kier molecular flexibility index (Phi) is 7.75. The molecule has 0 spiro atoms. The maximum atomic E-state index is 11.4. The third-order valence-corrected chi connectivity index (χ3v) is 5.31. The van der Waals surface area contributed by atoms with Crippen LogP contribution in [-0.2, 0) is 4.79 Å². The Labute approximate surface area is 105 Å². The van der Waals surface area contributed by atoms with E-state index in [2.05, 4.69) is 5.32 Å². The molecule has 1 unspecified atom stereocenters. The Morgan fingerprint density at radius 2 is 2.27 bits per heavy atom. The van der Waals surface area contributed by atoms with Crippen molar-refractivity contribution in [3.63, 3.8) is 0 Å². The summed E-state index contributed by atoms with van der Waals surface area (Å²) in [6.45, 7) is 0.831. The van der Waals surface area contributed by atoms with Crippen LogP contribution in [0.5, 0.6) is 0 Å². The molecule has 1 aliphatic rings. The summed E-state index contributed by atoms with van der Waals surface area (Å²) < 4.78 is 0. The first-order valence-corrected chi connectivity index (χ1v) is 8.08. The number of rotatable bonds is 6. The van der Waals surface area contributed by atoms with Crippen LogP contribution in [0.1, 0.15) is 19.3 Å². The number of unbranched alkanes of at least 4 members (excludes halogenated alkanes) is 1. The third-order valence-electron chi connectivity index (χ3n) is 2.20. The highest BCUT2D eigenvalue weighted by molar-refractivity contribution is 8.06. The highest BCUT2D eigenvalue weighted by Gasteiger charge is 2.14. The van der Waals surface area contributed by atoms with Gasteiger partial charge in [-0.1, -0.05) is 0 Å². The quantitative estimate of drug-likeness (QED) is 0.592. The number of alkyl halides is 1. The minimum atomic E-state index is 0.177. The number of hydrogen-bond acceptors (Lipinski definition) is 3. The number of halogens is 1. The van der Waals surface area contributed by atoms with Gasteiger partial charge in [-0.2, -0.15) is 23.5 Å². The van der Waals surface area contributed by atoms with Crippen LogP contribution in [0.15, 0.2) is 0 Å². The number of nitrogens with one attached hydrogen (secondary N) is 1. The summed E-state index contributed by atoms with van der Waals surface area (Å²) in [5.74, 6) is 4.48. The molecule has 5 heteroatoms. The van der Waals surface area contributed by atoms with Crippen molar-refractivity contribution < 1.29 is 4.79 Å². The lowest BCUT2D eigenvalue weighted by atomic mass is 10.2. The average molecular weight is 268 g/mol. The maximum absolute atomic E-state index is 11.4. The summed E-state index contributed by atoms with van der Waals surface area (Å²) in [6.07, 6.45) is 2.46. The summed E-state index contributed by atoms with van der Waals surface area (Å²) >= 11 is 9.51. The Morgan fingerprint density at radius 1 is 1.40 bits per heavy atom. The molecule has 1 amide bonds. The summed E-state index contributed by atoms with van der Waals surface area (Å²) in [6, 6.07) is 0. The van der Waals surface area contributed by atoms with Gasteiger partial charge in [0, 0.05) is 41.4 Å². The largest absolute Gasteiger partial charge is 0.355 e. The van der Waals surface area contributed by atoms with Crippen molar-refractivity contribution in [3.05, 3.63) is 0 Å². The lowest BCUT2D eigenvalue weighted by molar-refractivity contribution is -0.121. The van der Waals surface area contributed by atoms with Gasteiger partial charge in [0.15, 0.2) is 0 Å². The molecule has 1 atom stereocenters. The highest BCUT2D eigenvalue weighted by atomic mass is 35.5. The van der Waals surface area contributed by atoms with Crippen LogP contribution in [0.25, 0.3) is 0 Å². The van der Waals surface area contributed by atoms with Crippen LogP contribution in [0.3, 0.4) is 0 Å². The van der Waals surface area contributed by atoms with E-state index in [1.165, 1.54) is 17.3 Å². The normalized spacial score (nSPS) is 21.3. The number of hydrogen-bond donors (Lipinski definition) is 1. The monoisotopic (exact) mass is 267 g/mol. The van der Waals surface area contributed by atoms with Gasteiger partial charge >= 0.3 is 0 Å². The van der Waals surface area contributed by atoms with Crippen molar-refractivity contribution in [1.29, 1.82) is 0 Å². The lowest BCUT2D eigenvalue weighted by Crippen LogP contribution is -2.33. The molecule has 0 bridgehead atoms. The SMILES string of the molecule is O=C(CCCCCl)NCC1CSCCS1. The van der Waals surface area contributed by atoms with Crippen molar-refractivity contribution in [3.8, 4) is 0 Å². The zero-order valence-electron chi connectivity index (χ0n) is 8.84. The van der Waals surface area contributed by atoms with Gasteiger partial charge in [-0.3, -0.25) is 4.79 Å². The minimum absolute atomic E-state index is 0.177. The second kappa shape index (κ2) is 8.59. The van der Waals surface area contributed by atoms with Crippen LogP contribution < -0.4 is 5.32 Å². The lowest BCUT2D eigenvalue weighted by Gasteiger charge is -2.21. The van der Waals surface area contributed by atoms with Gasteiger partial charge < -0.3 is 5.32 Å². The van der Waals surface area contributed by atoms with E-state index in [4.69, 9.17) is 11.6 Å². The van der Waals surface area contributed by atoms with Crippen molar-refractivity contribution in [2.24, 2.45) is 0 Å². The fourth-order valence-corrected chi connectivity index (χ4v) is 4.15. The first-order valence-electron chi connectivity index (χ1n) is 5.35. The van der Waals surface area contributed by atoms with E-state index in [1.54, 1.807) is 0 Å². The van der Waals surface area contributed by atoms with Crippen molar-refractivity contribution >= 4 is 41.0 Å². The van der Waals surface area contributed by atoms with Crippen molar-refractivity contribution in [2.75, 3.05) is 29.7 Å². The molecule has 1 aliphatic heterocycles. The third kappa shape index (κ3) is 6.59. The topological polar surface area (TPSA) is 29.1 Å². The summed E-state index contributed by atoms with van der Waals surface area (Å²) in [5.41, 5.74) is 0. The first-order chi connectivity index (χ1) is 7.33. The van der Waals surface area contributed by atoms with E-state index in [9.17, 15) is 4.79 Å². The van der Waals surface area contributed by atoms with Gasteiger partial charge in [0.05, 0.1) is 0 Å². The van der Waals surface area contributed by atoms with Gasteiger partial charge in [0.25, 0.3) is 0 Å². The Hall–Kier alpha value is 0.460. The second-order valence-corrected chi connectivity index (χ2v) is 6.45. The molecule has 0 aromatic carbocycles. The fourth-order valence-electron chi connectivity index (χ4n) is 1.35. The Bertz CT molecular complexity index is 186. The molecule has 1 rings (SSSR count). The van der Waals surface area contributed by atoms with E-state index >= 15 is 0 Å². The number of thioether (sulfide) groups is 2.